The van der Waals surface area contributed by atoms with Crippen LogP contribution in [0.5, 0.6) is 0 Å². The van der Waals surface area contributed by atoms with Crippen LogP contribution in [0.2, 0.25) is 0 Å². The summed E-state index contributed by atoms with van der Waals surface area (Å²) in [6.07, 6.45) is 6.38. The molecule has 0 rings (SSSR count). The van der Waals surface area contributed by atoms with Crippen LogP contribution in [-0.4, -0.2) is 56.9 Å². The Labute approximate surface area is 155 Å². The maximum atomic E-state index is 12.4. The number of hydrogen-bond acceptors (Lipinski definition) is 5. The molecule has 0 heterocycles. The lowest BCUT2D eigenvalue weighted by Crippen LogP contribution is -2.58. The predicted octanol–water partition coefficient (Wildman–Crippen LogP) is 3.21. The molecular weight excluding hydrogens is 340 g/mol. The summed E-state index contributed by atoms with van der Waals surface area (Å²) in [5.74, 6) is -0.415. The van der Waals surface area contributed by atoms with Crippen molar-refractivity contribution in [1.29, 1.82) is 0 Å². The smallest absolute Gasteiger partial charge is 0.416 e. The van der Waals surface area contributed by atoms with Crippen molar-refractivity contribution < 1.29 is 29.7 Å². The number of nitrogens with two attached hydrogens (primary N) is 1. The van der Waals surface area contributed by atoms with Gasteiger partial charge in [-0.3, -0.25) is 4.79 Å². The van der Waals surface area contributed by atoms with Crippen molar-refractivity contribution in [3.63, 3.8) is 0 Å². The standard InChI is InChI=1S/C18H34N2O6/c1-2-3-4-5-6-7-8-9-10-11-15(22)18(19,12-13-21)14-20(16(23)24)17(25)26/h21H,2-14,19H2,1H3,(H,23,24)(H,25,26). The van der Waals surface area contributed by atoms with Gasteiger partial charge in [-0.2, -0.15) is 0 Å². The summed E-state index contributed by atoms with van der Waals surface area (Å²) < 4.78 is 0. The van der Waals surface area contributed by atoms with E-state index in [4.69, 9.17) is 21.1 Å². The number of aliphatic hydroxyl groups is 1. The van der Waals surface area contributed by atoms with Gasteiger partial charge in [0, 0.05) is 13.0 Å². The first-order valence-corrected chi connectivity index (χ1v) is 9.45. The zero-order valence-electron chi connectivity index (χ0n) is 15.8. The van der Waals surface area contributed by atoms with Crippen LogP contribution in [0, 0.1) is 0 Å². The molecule has 1 atom stereocenters. The molecule has 2 amide bonds. The number of aliphatic hydroxyl groups excluding tert-OH is 1. The number of nitrogens with zero attached hydrogens (tertiary/aromatic N) is 1. The van der Waals surface area contributed by atoms with Gasteiger partial charge in [-0.25, -0.2) is 14.5 Å². The van der Waals surface area contributed by atoms with Gasteiger partial charge in [0.25, 0.3) is 0 Å². The van der Waals surface area contributed by atoms with Crippen molar-refractivity contribution in [1.82, 2.24) is 4.90 Å². The minimum atomic E-state index is -1.69. The minimum absolute atomic E-state index is 0.0872. The fourth-order valence-corrected chi connectivity index (χ4v) is 2.85. The molecule has 0 saturated carbocycles. The van der Waals surface area contributed by atoms with E-state index in [2.05, 4.69) is 6.92 Å². The van der Waals surface area contributed by atoms with Crippen LogP contribution in [-0.2, 0) is 4.79 Å². The van der Waals surface area contributed by atoms with Crippen molar-refractivity contribution in [3.05, 3.63) is 0 Å². The minimum Gasteiger partial charge on any atom is -0.465 e. The van der Waals surface area contributed by atoms with E-state index in [-0.39, 0.29) is 17.7 Å². The van der Waals surface area contributed by atoms with Gasteiger partial charge in [0.15, 0.2) is 5.78 Å². The molecule has 0 spiro atoms. The monoisotopic (exact) mass is 374 g/mol. The Bertz CT molecular complexity index is 429. The number of carbonyl (C=O) groups is 3. The van der Waals surface area contributed by atoms with Crippen LogP contribution >= 0.6 is 0 Å². The van der Waals surface area contributed by atoms with Gasteiger partial charge >= 0.3 is 12.2 Å². The molecule has 26 heavy (non-hydrogen) atoms. The molecule has 0 aliphatic carbocycles. The molecule has 8 nitrogen and oxygen atoms in total. The summed E-state index contributed by atoms with van der Waals surface area (Å²) >= 11 is 0. The van der Waals surface area contributed by atoms with Gasteiger partial charge in [0.05, 0.1) is 12.1 Å². The molecular formula is C18H34N2O6. The Morgan fingerprint density at radius 1 is 0.885 bits per heavy atom. The molecule has 0 aromatic heterocycles. The molecule has 0 radical (unpaired) electrons. The third-order valence-electron chi connectivity index (χ3n) is 4.52. The van der Waals surface area contributed by atoms with E-state index in [1.54, 1.807) is 0 Å². The average molecular weight is 374 g/mol. The summed E-state index contributed by atoms with van der Waals surface area (Å²) in [7, 11) is 0. The van der Waals surface area contributed by atoms with E-state index in [1.807, 2.05) is 0 Å². The highest BCUT2D eigenvalue weighted by Gasteiger charge is 2.38. The zero-order chi connectivity index (χ0) is 20.0. The van der Waals surface area contributed by atoms with E-state index in [1.165, 1.54) is 32.1 Å². The van der Waals surface area contributed by atoms with Crippen molar-refractivity contribution >= 4 is 18.0 Å². The quantitative estimate of drug-likeness (QED) is 0.322. The number of rotatable bonds is 15. The van der Waals surface area contributed by atoms with Gasteiger partial charge in [0.1, 0.15) is 0 Å². The largest absolute Gasteiger partial charge is 0.465 e. The first-order valence-electron chi connectivity index (χ1n) is 9.45. The number of Topliss-reactive ketones (excluding diaryl/α,β-unsaturated/α-hetero) is 1. The Hall–Kier alpha value is -1.67. The first-order chi connectivity index (χ1) is 12.3. The second-order valence-corrected chi connectivity index (χ2v) is 6.78. The van der Waals surface area contributed by atoms with Crippen molar-refractivity contribution in [2.24, 2.45) is 5.73 Å². The highest BCUT2D eigenvalue weighted by atomic mass is 16.4. The summed E-state index contributed by atoms with van der Waals surface area (Å²) in [6, 6.07) is 0. The number of carboxylic acid groups (broad SMARTS) is 2. The van der Waals surface area contributed by atoms with E-state index in [9.17, 15) is 14.4 Å². The Morgan fingerprint density at radius 2 is 1.35 bits per heavy atom. The van der Waals surface area contributed by atoms with E-state index >= 15 is 0 Å². The van der Waals surface area contributed by atoms with Gasteiger partial charge in [-0.05, 0) is 12.8 Å². The molecule has 1 unspecified atom stereocenters. The SMILES string of the molecule is CCCCCCCCCCCC(=O)C(N)(CCO)CN(C(=O)O)C(=O)O. The molecule has 0 fully saturated rings. The summed E-state index contributed by atoms with van der Waals surface area (Å²) in [4.78, 5) is 34.5. The van der Waals surface area contributed by atoms with Crippen LogP contribution < -0.4 is 5.73 Å². The molecule has 5 N–H and O–H groups in total. The fraction of sp³-hybridized carbons (Fsp3) is 0.833. The lowest BCUT2D eigenvalue weighted by atomic mass is 9.87. The average Bonchev–Trinajstić information content (AvgIpc) is 2.57. The molecule has 152 valence electrons. The third-order valence-corrected chi connectivity index (χ3v) is 4.52. The van der Waals surface area contributed by atoms with E-state index < -0.39 is 36.7 Å². The molecule has 0 aliphatic heterocycles. The van der Waals surface area contributed by atoms with Crippen LogP contribution in [0.4, 0.5) is 9.59 Å². The molecule has 0 aromatic carbocycles. The highest BCUT2D eigenvalue weighted by molar-refractivity contribution is 5.91. The number of amides is 2. The number of ketones is 1. The molecule has 0 aromatic rings. The maximum absolute atomic E-state index is 12.4. The fourth-order valence-electron chi connectivity index (χ4n) is 2.85. The second-order valence-electron chi connectivity index (χ2n) is 6.78. The first kappa shape index (κ1) is 24.3. The van der Waals surface area contributed by atoms with Crippen LogP contribution in [0.1, 0.15) is 77.6 Å². The van der Waals surface area contributed by atoms with Gasteiger partial charge < -0.3 is 21.1 Å². The second kappa shape index (κ2) is 13.5. The molecule has 0 aliphatic rings. The molecule has 8 heteroatoms. The summed E-state index contributed by atoms with van der Waals surface area (Å²) in [6.45, 7) is 1.08. The number of imide groups is 1. The summed E-state index contributed by atoms with van der Waals surface area (Å²) in [5, 5.41) is 27.0. The Kier molecular flexibility index (Phi) is 12.7. The Morgan fingerprint density at radius 3 is 1.77 bits per heavy atom. The lowest BCUT2D eigenvalue weighted by Gasteiger charge is -2.30. The lowest BCUT2D eigenvalue weighted by molar-refractivity contribution is -0.125. The highest BCUT2D eigenvalue weighted by Crippen LogP contribution is 2.17. The molecule has 0 bridgehead atoms. The Balaban J connectivity index is 4.33. The topological polar surface area (TPSA) is 141 Å². The molecule has 0 saturated heterocycles. The van der Waals surface area contributed by atoms with Gasteiger partial charge in [-0.1, -0.05) is 58.3 Å². The van der Waals surface area contributed by atoms with Crippen molar-refractivity contribution in [2.45, 2.75) is 83.1 Å². The number of carbonyl (C=O) groups excluding carboxylic acids is 1. The van der Waals surface area contributed by atoms with E-state index in [0.29, 0.717) is 6.42 Å². The normalized spacial score (nSPS) is 13.2. The van der Waals surface area contributed by atoms with Gasteiger partial charge in [-0.15, -0.1) is 0 Å². The van der Waals surface area contributed by atoms with Crippen LogP contribution in [0.15, 0.2) is 0 Å². The predicted molar refractivity (Wildman–Crippen MR) is 98.2 cm³/mol. The van der Waals surface area contributed by atoms with Crippen LogP contribution in [0.25, 0.3) is 0 Å². The third kappa shape index (κ3) is 9.72. The number of unbranched alkanes of at least 4 members (excludes halogenated alkanes) is 8. The van der Waals surface area contributed by atoms with E-state index in [0.717, 1.165) is 19.3 Å². The van der Waals surface area contributed by atoms with Gasteiger partial charge in [0.2, 0.25) is 0 Å². The summed E-state index contributed by atoms with van der Waals surface area (Å²) in [5.41, 5.74) is 4.27. The van der Waals surface area contributed by atoms with Crippen LogP contribution in [0.3, 0.4) is 0 Å². The number of hydrogen-bond donors (Lipinski definition) is 4. The zero-order valence-corrected chi connectivity index (χ0v) is 15.8. The van der Waals surface area contributed by atoms with Crippen molar-refractivity contribution in [3.8, 4) is 0 Å². The maximum Gasteiger partial charge on any atom is 0.416 e. The van der Waals surface area contributed by atoms with Crippen molar-refractivity contribution in [2.75, 3.05) is 13.2 Å².